The molecule has 1 aliphatic carbocycles. The number of carbonyl (C=O) groups is 1. The molecule has 0 amide bonds. The Morgan fingerprint density at radius 1 is 1.40 bits per heavy atom. The summed E-state index contributed by atoms with van der Waals surface area (Å²) in [6.07, 6.45) is 4.06. The number of benzene rings is 1. The Balaban J connectivity index is 2.15. The third-order valence-electron chi connectivity index (χ3n) is 3.28. The SMILES string of the molecule is CC1CC(NS(=O)(=O)c2cccc(/C=C/C(=O)O)c2)C1. The van der Waals surface area contributed by atoms with Gasteiger partial charge in [0.15, 0.2) is 0 Å². The summed E-state index contributed by atoms with van der Waals surface area (Å²) < 4.78 is 27.0. The van der Waals surface area contributed by atoms with Crippen molar-refractivity contribution >= 4 is 22.1 Å². The third kappa shape index (κ3) is 3.68. The zero-order chi connectivity index (χ0) is 14.8. The Kier molecular flexibility index (Phi) is 4.25. The monoisotopic (exact) mass is 295 g/mol. The van der Waals surface area contributed by atoms with Crippen molar-refractivity contribution in [2.24, 2.45) is 5.92 Å². The van der Waals surface area contributed by atoms with Crippen LogP contribution in [-0.4, -0.2) is 25.5 Å². The lowest BCUT2D eigenvalue weighted by atomic mass is 9.83. The molecule has 5 nitrogen and oxygen atoms in total. The van der Waals surface area contributed by atoms with E-state index in [4.69, 9.17) is 5.11 Å². The summed E-state index contributed by atoms with van der Waals surface area (Å²) in [5.74, 6) is -0.507. The maximum Gasteiger partial charge on any atom is 0.328 e. The van der Waals surface area contributed by atoms with Gasteiger partial charge in [-0.2, -0.15) is 0 Å². The molecule has 6 heteroatoms. The van der Waals surface area contributed by atoms with Crippen LogP contribution in [0.4, 0.5) is 0 Å². The van der Waals surface area contributed by atoms with E-state index in [9.17, 15) is 13.2 Å². The van der Waals surface area contributed by atoms with Gasteiger partial charge in [0.2, 0.25) is 10.0 Å². The second-order valence-electron chi connectivity index (χ2n) is 5.14. The molecule has 0 heterocycles. The molecule has 0 radical (unpaired) electrons. The molecule has 1 aromatic carbocycles. The van der Waals surface area contributed by atoms with Crippen LogP contribution in [-0.2, 0) is 14.8 Å². The van der Waals surface area contributed by atoms with Crippen LogP contribution in [0.25, 0.3) is 6.08 Å². The molecule has 0 unspecified atom stereocenters. The van der Waals surface area contributed by atoms with Crippen molar-refractivity contribution in [3.05, 3.63) is 35.9 Å². The van der Waals surface area contributed by atoms with Crippen molar-refractivity contribution < 1.29 is 18.3 Å². The summed E-state index contributed by atoms with van der Waals surface area (Å²) in [6, 6.07) is 6.23. The van der Waals surface area contributed by atoms with Crippen LogP contribution in [0.2, 0.25) is 0 Å². The molecule has 1 fully saturated rings. The van der Waals surface area contributed by atoms with Crippen LogP contribution in [0.15, 0.2) is 35.2 Å². The normalized spacial score (nSPS) is 22.6. The molecule has 2 rings (SSSR count). The number of hydrogen-bond acceptors (Lipinski definition) is 3. The highest BCUT2D eigenvalue weighted by Crippen LogP contribution is 2.27. The van der Waals surface area contributed by atoms with Crippen molar-refractivity contribution in [3.63, 3.8) is 0 Å². The van der Waals surface area contributed by atoms with Crippen LogP contribution < -0.4 is 4.72 Å². The smallest absolute Gasteiger partial charge is 0.328 e. The van der Waals surface area contributed by atoms with E-state index in [0.717, 1.165) is 18.9 Å². The summed E-state index contributed by atoms with van der Waals surface area (Å²) in [5, 5.41) is 8.57. The maximum absolute atomic E-state index is 12.2. The molecular formula is C14H17NO4S. The van der Waals surface area contributed by atoms with Gasteiger partial charge < -0.3 is 5.11 Å². The standard InChI is InChI=1S/C14H17NO4S/c1-10-7-12(8-10)15-20(18,19)13-4-2-3-11(9-13)5-6-14(16)17/h2-6,9-10,12,15H,7-8H2,1H3,(H,16,17)/b6-5+. The highest BCUT2D eigenvalue weighted by atomic mass is 32.2. The lowest BCUT2D eigenvalue weighted by Gasteiger charge is -2.32. The first kappa shape index (κ1) is 14.7. The molecule has 20 heavy (non-hydrogen) atoms. The van der Waals surface area contributed by atoms with Gasteiger partial charge in [0, 0.05) is 12.1 Å². The number of carboxylic acid groups (broad SMARTS) is 1. The number of sulfonamides is 1. The second kappa shape index (κ2) is 5.76. The van der Waals surface area contributed by atoms with Crippen molar-refractivity contribution in [1.29, 1.82) is 0 Å². The minimum atomic E-state index is -3.54. The fraction of sp³-hybridized carbons (Fsp3) is 0.357. The maximum atomic E-state index is 12.2. The Bertz CT molecular complexity index is 630. The van der Waals surface area contributed by atoms with Gasteiger partial charge in [0.25, 0.3) is 0 Å². The van der Waals surface area contributed by atoms with Crippen molar-refractivity contribution in [3.8, 4) is 0 Å². The van der Waals surface area contributed by atoms with Gasteiger partial charge in [-0.25, -0.2) is 17.9 Å². The quantitative estimate of drug-likeness (QED) is 0.812. The number of rotatable bonds is 5. The van der Waals surface area contributed by atoms with Crippen molar-refractivity contribution in [2.45, 2.75) is 30.7 Å². The van der Waals surface area contributed by atoms with Gasteiger partial charge in [0.05, 0.1) is 4.90 Å². The average molecular weight is 295 g/mol. The second-order valence-corrected chi connectivity index (χ2v) is 6.85. The van der Waals surface area contributed by atoms with Gasteiger partial charge in [-0.15, -0.1) is 0 Å². The molecule has 0 atom stereocenters. The molecule has 1 aromatic rings. The summed E-state index contributed by atoms with van der Waals surface area (Å²) >= 11 is 0. The van der Waals surface area contributed by atoms with Crippen LogP contribution in [0.3, 0.4) is 0 Å². The molecule has 1 aliphatic rings. The summed E-state index contributed by atoms with van der Waals surface area (Å²) in [7, 11) is -3.54. The molecule has 108 valence electrons. The zero-order valence-electron chi connectivity index (χ0n) is 11.1. The first-order valence-electron chi connectivity index (χ1n) is 6.40. The van der Waals surface area contributed by atoms with Gasteiger partial charge in [-0.3, -0.25) is 0 Å². The van der Waals surface area contributed by atoms with E-state index in [2.05, 4.69) is 11.6 Å². The number of aliphatic carboxylic acids is 1. The lowest BCUT2D eigenvalue weighted by Crippen LogP contribution is -2.43. The van der Waals surface area contributed by atoms with E-state index < -0.39 is 16.0 Å². The van der Waals surface area contributed by atoms with E-state index in [0.29, 0.717) is 11.5 Å². The Morgan fingerprint density at radius 2 is 2.10 bits per heavy atom. The minimum absolute atomic E-state index is 0.00761. The molecule has 0 aliphatic heterocycles. The summed E-state index contributed by atoms with van der Waals surface area (Å²) in [5.41, 5.74) is 0.539. The first-order valence-corrected chi connectivity index (χ1v) is 7.88. The van der Waals surface area contributed by atoms with E-state index >= 15 is 0 Å². The predicted octanol–water partition coefficient (Wildman–Crippen LogP) is 1.86. The summed E-state index contributed by atoms with van der Waals surface area (Å²) in [4.78, 5) is 10.6. The van der Waals surface area contributed by atoms with Crippen molar-refractivity contribution in [1.82, 2.24) is 4.72 Å². The van der Waals surface area contributed by atoms with Crippen LogP contribution in [0, 0.1) is 5.92 Å². The fourth-order valence-electron chi connectivity index (χ4n) is 2.24. The van der Waals surface area contributed by atoms with Crippen LogP contribution in [0.1, 0.15) is 25.3 Å². The predicted molar refractivity (Wildman–Crippen MR) is 75.6 cm³/mol. The fourth-order valence-corrected chi connectivity index (χ4v) is 3.56. The lowest BCUT2D eigenvalue weighted by molar-refractivity contribution is -0.131. The highest BCUT2D eigenvalue weighted by Gasteiger charge is 2.29. The number of nitrogens with one attached hydrogen (secondary N) is 1. The highest BCUT2D eigenvalue weighted by molar-refractivity contribution is 7.89. The van der Waals surface area contributed by atoms with Gasteiger partial charge >= 0.3 is 5.97 Å². The van der Waals surface area contributed by atoms with E-state index in [1.54, 1.807) is 12.1 Å². The Labute approximate surface area is 118 Å². The van der Waals surface area contributed by atoms with Gasteiger partial charge in [0.1, 0.15) is 0 Å². The minimum Gasteiger partial charge on any atom is -0.478 e. The van der Waals surface area contributed by atoms with E-state index in [-0.39, 0.29) is 10.9 Å². The molecular weight excluding hydrogens is 278 g/mol. The molecule has 1 saturated carbocycles. The van der Waals surface area contributed by atoms with Gasteiger partial charge in [-0.1, -0.05) is 19.1 Å². The number of carboxylic acids is 1. The zero-order valence-corrected chi connectivity index (χ0v) is 11.9. The van der Waals surface area contributed by atoms with Crippen LogP contribution in [0.5, 0.6) is 0 Å². The molecule has 2 N–H and O–H groups in total. The molecule has 0 aromatic heterocycles. The summed E-state index contributed by atoms with van der Waals surface area (Å²) in [6.45, 7) is 2.09. The van der Waals surface area contributed by atoms with Crippen LogP contribution >= 0.6 is 0 Å². The Hall–Kier alpha value is -1.66. The average Bonchev–Trinajstić information content (AvgIpc) is 2.35. The number of hydrogen-bond donors (Lipinski definition) is 2. The largest absolute Gasteiger partial charge is 0.478 e. The first-order chi connectivity index (χ1) is 9.37. The third-order valence-corrected chi connectivity index (χ3v) is 4.80. The molecule has 0 bridgehead atoms. The topological polar surface area (TPSA) is 83.5 Å². The molecule has 0 saturated heterocycles. The van der Waals surface area contributed by atoms with Crippen molar-refractivity contribution in [2.75, 3.05) is 0 Å². The molecule has 0 spiro atoms. The Morgan fingerprint density at radius 3 is 2.70 bits per heavy atom. The van der Waals surface area contributed by atoms with E-state index in [1.165, 1.54) is 18.2 Å². The van der Waals surface area contributed by atoms with E-state index in [1.807, 2.05) is 0 Å². The van der Waals surface area contributed by atoms with Gasteiger partial charge in [-0.05, 0) is 42.5 Å².